The molecule has 0 radical (unpaired) electrons. The van der Waals surface area contributed by atoms with Gasteiger partial charge in [-0.05, 0) is 43.5 Å². The average molecular weight is 277 g/mol. The molecule has 0 aliphatic heterocycles. The first-order valence-electron chi connectivity index (χ1n) is 5.83. The van der Waals surface area contributed by atoms with E-state index in [1.165, 1.54) is 11.3 Å². The molecule has 6 heteroatoms. The van der Waals surface area contributed by atoms with Crippen LogP contribution in [0.15, 0.2) is 17.6 Å². The molecule has 0 saturated heterocycles. The second-order valence-corrected chi connectivity index (χ2v) is 5.12. The minimum absolute atomic E-state index is 0.0384. The van der Waals surface area contributed by atoms with Crippen molar-refractivity contribution in [1.29, 1.82) is 0 Å². The molecule has 1 amide bonds. The zero-order valence-corrected chi connectivity index (χ0v) is 11.9. The van der Waals surface area contributed by atoms with Gasteiger partial charge in [-0.2, -0.15) is 0 Å². The van der Waals surface area contributed by atoms with Crippen LogP contribution in [0.4, 0.5) is 5.13 Å². The van der Waals surface area contributed by atoms with Gasteiger partial charge in [-0.3, -0.25) is 10.1 Å². The predicted molar refractivity (Wildman–Crippen MR) is 74.7 cm³/mol. The Balaban J connectivity index is 1.97. The summed E-state index contributed by atoms with van der Waals surface area (Å²) in [6, 6.07) is 4.02. The lowest BCUT2D eigenvalue weighted by atomic mass is 10.1. The van der Waals surface area contributed by atoms with Crippen LogP contribution in [0, 0.1) is 20.8 Å². The van der Waals surface area contributed by atoms with Crippen molar-refractivity contribution in [3.63, 3.8) is 0 Å². The Hall–Kier alpha value is -1.95. The highest BCUT2D eigenvalue weighted by atomic mass is 32.1. The summed E-state index contributed by atoms with van der Waals surface area (Å²) in [6.07, 6.45) is 0. The van der Waals surface area contributed by atoms with Crippen LogP contribution in [0.25, 0.3) is 0 Å². The lowest BCUT2D eigenvalue weighted by molar-refractivity contribution is -0.118. The van der Waals surface area contributed by atoms with E-state index >= 15 is 0 Å². The second kappa shape index (κ2) is 5.79. The Morgan fingerprint density at radius 2 is 2.16 bits per heavy atom. The third kappa shape index (κ3) is 3.51. The first kappa shape index (κ1) is 13.5. The summed E-state index contributed by atoms with van der Waals surface area (Å²) in [5.41, 5.74) is 4.88. The normalized spacial score (nSPS) is 10.3. The highest BCUT2D eigenvalue weighted by Crippen LogP contribution is 2.23. The smallest absolute Gasteiger partial charge is 0.264 e. The van der Waals surface area contributed by atoms with Gasteiger partial charge >= 0.3 is 0 Å². The number of carbonyl (C=O) groups is 1. The molecule has 0 spiro atoms. The summed E-state index contributed by atoms with van der Waals surface area (Å²) in [4.78, 5) is 11.7. The van der Waals surface area contributed by atoms with E-state index in [2.05, 4.69) is 21.6 Å². The molecule has 0 unspecified atom stereocenters. The lowest BCUT2D eigenvalue weighted by Crippen LogP contribution is -2.20. The molecule has 0 aliphatic carbocycles. The van der Waals surface area contributed by atoms with Crippen molar-refractivity contribution in [3.05, 3.63) is 34.3 Å². The monoisotopic (exact) mass is 277 g/mol. The molecule has 2 rings (SSSR count). The fraction of sp³-hybridized carbons (Fsp3) is 0.308. The van der Waals surface area contributed by atoms with E-state index in [0.717, 1.165) is 22.4 Å². The topological polar surface area (TPSA) is 64.1 Å². The van der Waals surface area contributed by atoms with Gasteiger partial charge in [0.1, 0.15) is 11.3 Å². The molecule has 1 aromatic carbocycles. The standard InChI is InChI=1S/C13H15N3O2S/c1-8-4-9(2)10(3)11(5-8)18-6-12(17)15-13-16-14-7-19-13/h4-5,7H,6H2,1-3H3,(H,15,16,17). The van der Waals surface area contributed by atoms with E-state index in [1.54, 1.807) is 5.51 Å². The van der Waals surface area contributed by atoms with Gasteiger partial charge in [-0.15, -0.1) is 10.2 Å². The SMILES string of the molecule is Cc1cc(C)c(C)c(OCC(=O)Nc2nncs2)c1. The van der Waals surface area contributed by atoms with E-state index in [1.807, 2.05) is 26.8 Å². The Kier molecular flexibility index (Phi) is 4.11. The van der Waals surface area contributed by atoms with Crippen molar-refractivity contribution in [3.8, 4) is 5.75 Å². The summed E-state index contributed by atoms with van der Waals surface area (Å²) in [5.74, 6) is 0.500. The third-order valence-corrected chi connectivity index (χ3v) is 3.34. The van der Waals surface area contributed by atoms with Crippen LogP contribution in [0.2, 0.25) is 0 Å². The van der Waals surface area contributed by atoms with Gasteiger partial charge in [0.25, 0.3) is 5.91 Å². The number of nitrogens with zero attached hydrogens (tertiary/aromatic N) is 2. The number of rotatable bonds is 4. The quantitative estimate of drug-likeness (QED) is 0.932. The predicted octanol–water partition coefficient (Wildman–Crippen LogP) is 2.48. The molecule has 1 heterocycles. The van der Waals surface area contributed by atoms with Gasteiger partial charge in [0, 0.05) is 0 Å². The molecule has 0 saturated carbocycles. The van der Waals surface area contributed by atoms with Gasteiger partial charge in [0.2, 0.25) is 5.13 Å². The molecule has 5 nitrogen and oxygen atoms in total. The molecule has 0 fully saturated rings. The number of anilines is 1. The van der Waals surface area contributed by atoms with Crippen LogP contribution in [0.3, 0.4) is 0 Å². The van der Waals surface area contributed by atoms with Crippen molar-refractivity contribution >= 4 is 22.4 Å². The van der Waals surface area contributed by atoms with Crippen molar-refractivity contribution in [2.45, 2.75) is 20.8 Å². The van der Waals surface area contributed by atoms with Crippen LogP contribution < -0.4 is 10.1 Å². The number of aryl methyl sites for hydroxylation is 2. The average Bonchev–Trinajstić information content (AvgIpc) is 2.84. The third-order valence-electron chi connectivity index (χ3n) is 2.73. The number of amides is 1. The van der Waals surface area contributed by atoms with Crippen molar-refractivity contribution in [2.24, 2.45) is 0 Å². The number of benzene rings is 1. The molecule has 0 atom stereocenters. The van der Waals surface area contributed by atoms with Gasteiger partial charge in [-0.1, -0.05) is 17.4 Å². The minimum atomic E-state index is -0.240. The van der Waals surface area contributed by atoms with E-state index < -0.39 is 0 Å². The van der Waals surface area contributed by atoms with Crippen LogP contribution in [-0.2, 0) is 4.79 Å². The molecular formula is C13H15N3O2S. The molecule has 0 aliphatic rings. The summed E-state index contributed by atoms with van der Waals surface area (Å²) in [7, 11) is 0. The number of hydrogen-bond acceptors (Lipinski definition) is 5. The lowest BCUT2D eigenvalue weighted by Gasteiger charge is -2.11. The number of ether oxygens (including phenoxy) is 1. The highest BCUT2D eigenvalue weighted by Gasteiger charge is 2.08. The van der Waals surface area contributed by atoms with Gasteiger partial charge in [-0.25, -0.2) is 0 Å². The van der Waals surface area contributed by atoms with Crippen LogP contribution in [0.5, 0.6) is 5.75 Å². The largest absolute Gasteiger partial charge is 0.483 e. The van der Waals surface area contributed by atoms with Crippen molar-refractivity contribution in [2.75, 3.05) is 11.9 Å². The highest BCUT2D eigenvalue weighted by molar-refractivity contribution is 7.13. The Morgan fingerprint density at radius 1 is 1.37 bits per heavy atom. The summed E-state index contributed by atoms with van der Waals surface area (Å²) in [5, 5.41) is 10.5. The summed E-state index contributed by atoms with van der Waals surface area (Å²) in [6.45, 7) is 5.97. The maximum absolute atomic E-state index is 11.7. The zero-order valence-electron chi connectivity index (χ0n) is 11.1. The molecular weight excluding hydrogens is 262 g/mol. The first-order chi connectivity index (χ1) is 9.06. The summed E-state index contributed by atoms with van der Waals surface area (Å²) >= 11 is 1.27. The second-order valence-electron chi connectivity index (χ2n) is 4.29. The number of carbonyl (C=O) groups excluding carboxylic acids is 1. The number of hydrogen-bond donors (Lipinski definition) is 1. The molecule has 100 valence electrons. The zero-order chi connectivity index (χ0) is 13.8. The maximum atomic E-state index is 11.7. The van der Waals surface area contributed by atoms with Crippen LogP contribution in [0.1, 0.15) is 16.7 Å². The summed E-state index contributed by atoms with van der Waals surface area (Å²) < 4.78 is 5.55. The Morgan fingerprint density at radius 3 is 2.84 bits per heavy atom. The van der Waals surface area contributed by atoms with Gasteiger partial charge < -0.3 is 4.74 Å². The first-order valence-corrected chi connectivity index (χ1v) is 6.71. The molecule has 1 N–H and O–H groups in total. The number of aromatic nitrogens is 2. The Labute approximate surface area is 115 Å². The Bertz CT molecular complexity index is 582. The number of nitrogens with one attached hydrogen (secondary N) is 1. The van der Waals surface area contributed by atoms with E-state index in [0.29, 0.717) is 5.13 Å². The molecule has 1 aromatic heterocycles. The molecule has 2 aromatic rings. The fourth-order valence-electron chi connectivity index (χ4n) is 1.68. The van der Waals surface area contributed by atoms with Gasteiger partial charge in [0.15, 0.2) is 6.61 Å². The van der Waals surface area contributed by atoms with E-state index in [4.69, 9.17) is 4.74 Å². The van der Waals surface area contributed by atoms with Gasteiger partial charge in [0.05, 0.1) is 0 Å². The maximum Gasteiger partial charge on any atom is 0.264 e. The van der Waals surface area contributed by atoms with Crippen molar-refractivity contribution < 1.29 is 9.53 Å². The van der Waals surface area contributed by atoms with Crippen LogP contribution >= 0.6 is 11.3 Å². The van der Waals surface area contributed by atoms with E-state index in [-0.39, 0.29) is 12.5 Å². The van der Waals surface area contributed by atoms with E-state index in [9.17, 15) is 4.79 Å². The minimum Gasteiger partial charge on any atom is -0.483 e. The fourth-order valence-corrected chi connectivity index (χ4v) is 2.14. The molecule has 19 heavy (non-hydrogen) atoms. The molecule has 0 bridgehead atoms. The van der Waals surface area contributed by atoms with Crippen molar-refractivity contribution in [1.82, 2.24) is 10.2 Å². The van der Waals surface area contributed by atoms with Crippen LogP contribution in [-0.4, -0.2) is 22.7 Å².